The number of allylic oxidation sites excluding steroid dienone is 5. The normalized spacial score (nSPS) is 20.4. The summed E-state index contributed by atoms with van der Waals surface area (Å²) in [6.45, 7) is 3.34. The molecule has 4 N–H and O–H groups in total. The fourth-order valence-electron chi connectivity index (χ4n) is 6.25. The van der Waals surface area contributed by atoms with Gasteiger partial charge in [0.05, 0.1) is 13.2 Å². The van der Waals surface area contributed by atoms with Crippen LogP contribution in [0.5, 0.6) is 0 Å². The van der Waals surface area contributed by atoms with E-state index >= 15 is 0 Å². The maximum atomic E-state index is 12.7. The predicted octanol–water partition coefficient (Wildman–Crippen LogP) is 8.87. The number of hydrogen-bond acceptors (Lipinski definition) is 10. The second kappa shape index (κ2) is 36.1. The minimum absolute atomic E-state index is 0.182. The molecule has 0 aliphatic carbocycles. The first kappa shape index (κ1) is 50.7. The largest absolute Gasteiger partial charge is 0.462 e. The first-order valence-corrected chi connectivity index (χ1v) is 21.8. The van der Waals surface area contributed by atoms with Crippen molar-refractivity contribution in [3.05, 3.63) is 42.2 Å². The van der Waals surface area contributed by atoms with Crippen LogP contribution < -0.4 is 0 Å². The molecule has 55 heavy (non-hydrogen) atoms. The number of rotatable bonds is 35. The summed E-state index contributed by atoms with van der Waals surface area (Å²) in [5.74, 6) is -0.867. The topological polar surface area (TPSA) is 152 Å². The zero-order chi connectivity index (χ0) is 40.2. The maximum absolute atomic E-state index is 12.7. The summed E-state index contributed by atoms with van der Waals surface area (Å²) in [5.41, 5.74) is 3.29. The van der Waals surface area contributed by atoms with Crippen molar-refractivity contribution >= 4 is 11.9 Å². The molecule has 2 unspecified atom stereocenters. The van der Waals surface area contributed by atoms with E-state index in [-0.39, 0.29) is 26.1 Å². The zero-order valence-electron chi connectivity index (χ0n) is 34.5. The molecule has 1 fully saturated rings. The van der Waals surface area contributed by atoms with Gasteiger partial charge in [-0.05, 0) is 82.8 Å². The van der Waals surface area contributed by atoms with Crippen LogP contribution in [0, 0.1) is 0 Å². The van der Waals surface area contributed by atoms with Crippen molar-refractivity contribution in [3.63, 3.8) is 0 Å². The van der Waals surface area contributed by atoms with Crippen LogP contribution in [0.1, 0.15) is 174 Å². The second-order valence-corrected chi connectivity index (χ2v) is 14.9. The Morgan fingerprint density at radius 3 is 1.73 bits per heavy atom. The number of unbranched alkanes of at least 4 members (excludes halogenated alkanes) is 18. The van der Waals surface area contributed by atoms with Gasteiger partial charge in [0, 0.05) is 12.8 Å². The summed E-state index contributed by atoms with van der Waals surface area (Å²) >= 11 is 0. The van der Waals surface area contributed by atoms with Crippen LogP contribution in [0.4, 0.5) is 0 Å². The number of hydrogen-bond donors (Lipinski definition) is 4. The highest BCUT2D eigenvalue weighted by molar-refractivity contribution is 5.70. The maximum Gasteiger partial charge on any atom is 0.306 e. The summed E-state index contributed by atoms with van der Waals surface area (Å²) in [4.78, 5) is 25.3. The van der Waals surface area contributed by atoms with Crippen molar-refractivity contribution in [2.24, 2.45) is 0 Å². The smallest absolute Gasteiger partial charge is 0.306 e. The number of carbonyl (C=O) groups excluding carboxylic acids is 2. The van der Waals surface area contributed by atoms with E-state index < -0.39 is 55.4 Å². The van der Waals surface area contributed by atoms with Crippen LogP contribution in [0.25, 0.3) is 0 Å². The van der Waals surface area contributed by atoms with Gasteiger partial charge in [0.15, 0.2) is 12.4 Å². The Labute approximate surface area is 333 Å². The highest BCUT2D eigenvalue weighted by atomic mass is 16.7. The number of carbonyl (C=O) groups is 2. The molecule has 0 radical (unpaired) electrons. The van der Waals surface area contributed by atoms with E-state index in [9.17, 15) is 30.0 Å². The highest BCUT2D eigenvalue weighted by Crippen LogP contribution is 2.22. The van der Waals surface area contributed by atoms with Gasteiger partial charge in [-0.15, -0.1) is 5.73 Å². The molecule has 318 valence electrons. The molecule has 1 rings (SSSR count). The van der Waals surface area contributed by atoms with Crippen molar-refractivity contribution in [1.29, 1.82) is 0 Å². The minimum atomic E-state index is -1.60. The minimum Gasteiger partial charge on any atom is -0.462 e. The molecule has 0 aromatic heterocycles. The van der Waals surface area contributed by atoms with E-state index in [4.69, 9.17) is 18.9 Å². The Morgan fingerprint density at radius 1 is 0.618 bits per heavy atom. The first-order valence-electron chi connectivity index (χ1n) is 21.8. The van der Waals surface area contributed by atoms with Crippen LogP contribution in [-0.4, -0.2) is 89.0 Å². The van der Waals surface area contributed by atoms with E-state index in [1.807, 2.05) is 0 Å². The molecule has 1 saturated heterocycles. The van der Waals surface area contributed by atoms with Gasteiger partial charge in [0.2, 0.25) is 0 Å². The fourth-order valence-corrected chi connectivity index (χ4v) is 6.25. The van der Waals surface area contributed by atoms with Crippen molar-refractivity contribution in [1.82, 2.24) is 0 Å². The third-order valence-electron chi connectivity index (χ3n) is 9.77. The van der Waals surface area contributed by atoms with Crippen molar-refractivity contribution in [2.45, 2.75) is 211 Å². The lowest BCUT2D eigenvalue weighted by Crippen LogP contribution is -2.59. The number of aliphatic hydroxyl groups excluding tert-OH is 4. The SMILES string of the molecule is CCCCCCCC=C=CCCCCCCCC(=O)OC[C@@H](CO[C@H]1O[C@@H](CO)[C@@H](O)C(O)C1O)OC(=O)CCCC/C=C/C/C=C/CCCCCCCC. The van der Waals surface area contributed by atoms with Gasteiger partial charge >= 0.3 is 11.9 Å². The lowest BCUT2D eigenvalue weighted by molar-refractivity contribution is -0.305. The molecule has 0 saturated carbocycles. The molecule has 0 aromatic carbocycles. The molecule has 1 aliphatic heterocycles. The average molecular weight is 779 g/mol. The second-order valence-electron chi connectivity index (χ2n) is 14.9. The first-order chi connectivity index (χ1) is 26.8. The van der Waals surface area contributed by atoms with Crippen LogP contribution in [0.15, 0.2) is 42.2 Å². The molecule has 1 heterocycles. The summed E-state index contributed by atoms with van der Waals surface area (Å²) < 4.78 is 22.1. The Balaban J connectivity index is 2.40. The quantitative estimate of drug-likeness (QED) is 0.0213. The van der Waals surface area contributed by atoms with Gasteiger partial charge < -0.3 is 39.4 Å². The molecular weight excluding hydrogens is 700 g/mol. The Kier molecular flexibility index (Phi) is 33.3. The van der Waals surface area contributed by atoms with E-state index in [1.165, 1.54) is 70.6 Å². The van der Waals surface area contributed by atoms with Gasteiger partial charge in [-0.1, -0.05) is 115 Å². The summed E-state index contributed by atoms with van der Waals surface area (Å²) in [7, 11) is 0. The number of aliphatic hydroxyl groups is 4. The number of ether oxygens (including phenoxy) is 4. The average Bonchev–Trinajstić information content (AvgIpc) is 3.18. The molecule has 1 aliphatic rings. The molecule has 0 aromatic rings. The Bertz CT molecular complexity index is 1050. The lowest BCUT2D eigenvalue weighted by atomic mass is 9.99. The predicted molar refractivity (Wildman–Crippen MR) is 218 cm³/mol. The Hall–Kier alpha value is -2.30. The molecular formula is C45H78O10. The molecule has 0 bridgehead atoms. The van der Waals surface area contributed by atoms with E-state index in [0.717, 1.165) is 64.2 Å². The van der Waals surface area contributed by atoms with Crippen LogP contribution in [0.2, 0.25) is 0 Å². The van der Waals surface area contributed by atoms with Crippen molar-refractivity contribution in [3.8, 4) is 0 Å². The van der Waals surface area contributed by atoms with E-state index in [0.29, 0.717) is 12.8 Å². The van der Waals surface area contributed by atoms with Crippen LogP contribution in [0.3, 0.4) is 0 Å². The summed E-state index contributed by atoms with van der Waals surface area (Å²) in [6.07, 6.45) is 30.7. The molecule has 10 nitrogen and oxygen atoms in total. The summed E-state index contributed by atoms with van der Waals surface area (Å²) in [5, 5.41) is 40.0. The lowest BCUT2D eigenvalue weighted by Gasteiger charge is -2.39. The van der Waals surface area contributed by atoms with Crippen molar-refractivity contribution in [2.75, 3.05) is 19.8 Å². The molecule has 10 heteroatoms. The standard InChI is InChI=1S/C45H78O10/c1-3-5-7-9-11-13-15-17-19-21-23-25-27-29-31-33-40(47)52-36-38(37-53-45-44(51)43(50)42(49)39(35-46)55-45)54-41(48)34-32-30-28-26-24-22-20-18-16-14-12-10-8-6-4-2/h15,18-20,24,26,38-39,42-46,49-51H,3-14,16,21-23,25,27-37H2,1-2H3/b20-18+,26-24+/t17?,38-,39-,42+,43?,44?,45-/m0/s1. The van der Waals surface area contributed by atoms with Gasteiger partial charge in [-0.25, -0.2) is 0 Å². The Morgan fingerprint density at radius 2 is 1.13 bits per heavy atom. The fraction of sp³-hybridized carbons (Fsp3) is 0.800. The summed E-state index contributed by atoms with van der Waals surface area (Å²) in [6, 6.07) is 0. The van der Waals surface area contributed by atoms with Crippen LogP contribution in [-0.2, 0) is 28.5 Å². The van der Waals surface area contributed by atoms with Crippen molar-refractivity contribution < 1.29 is 49.0 Å². The third kappa shape index (κ3) is 27.9. The highest BCUT2D eigenvalue weighted by Gasteiger charge is 2.44. The van der Waals surface area contributed by atoms with Gasteiger partial charge in [0.1, 0.15) is 31.0 Å². The third-order valence-corrected chi connectivity index (χ3v) is 9.77. The van der Waals surface area contributed by atoms with E-state index in [1.54, 1.807) is 0 Å². The van der Waals surface area contributed by atoms with E-state index in [2.05, 4.69) is 56.0 Å². The van der Waals surface area contributed by atoms with Gasteiger partial charge in [-0.3, -0.25) is 9.59 Å². The van der Waals surface area contributed by atoms with Gasteiger partial charge in [-0.2, -0.15) is 0 Å². The zero-order valence-corrected chi connectivity index (χ0v) is 34.5. The molecule has 0 spiro atoms. The molecule has 0 amide bonds. The van der Waals surface area contributed by atoms with Crippen LogP contribution >= 0.6 is 0 Å². The number of esters is 2. The monoisotopic (exact) mass is 779 g/mol. The van der Waals surface area contributed by atoms with Gasteiger partial charge in [0.25, 0.3) is 0 Å². The molecule has 6 atom stereocenters.